The van der Waals surface area contributed by atoms with E-state index in [1.165, 1.54) is 4.90 Å². The lowest BCUT2D eigenvalue weighted by Gasteiger charge is -2.15. The molecule has 0 aromatic heterocycles. The molecule has 1 heterocycles. The molecule has 1 fully saturated rings. The molecule has 2 amide bonds. The zero-order chi connectivity index (χ0) is 20.8. The minimum atomic E-state index is -0.250. The van der Waals surface area contributed by atoms with Gasteiger partial charge in [0.25, 0.3) is 11.1 Å². The molecule has 1 aliphatic rings. The molecule has 0 atom stereocenters. The number of carbonyl (C=O) groups is 2. The van der Waals surface area contributed by atoms with Crippen molar-refractivity contribution in [1.29, 1.82) is 0 Å². The number of imide groups is 1. The summed E-state index contributed by atoms with van der Waals surface area (Å²) < 4.78 is 12.5. The Morgan fingerprint density at radius 3 is 2.55 bits per heavy atom. The van der Waals surface area contributed by atoms with E-state index in [1.807, 2.05) is 56.3 Å². The van der Waals surface area contributed by atoms with Gasteiger partial charge < -0.3 is 9.47 Å². The highest BCUT2D eigenvalue weighted by Crippen LogP contribution is 2.39. The number of halogens is 1. The maximum atomic E-state index is 12.5. The number of ether oxygens (including phenoxy) is 2. The molecule has 7 heteroatoms. The number of hydrogen-bond acceptors (Lipinski definition) is 5. The molecule has 2 aromatic rings. The van der Waals surface area contributed by atoms with Crippen molar-refractivity contribution in [3.63, 3.8) is 0 Å². The summed E-state index contributed by atoms with van der Waals surface area (Å²) in [7, 11) is 0. The summed E-state index contributed by atoms with van der Waals surface area (Å²) in [5.74, 6) is 0.934. The first-order valence-corrected chi connectivity index (χ1v) is 11.0. The zero-order valence-corrected chi connectivity index (χ0v) is 18.7. The second-order valence-electron chi connectivity index (χ2n) is 6.37. The highest BCUT2D eigenvalue weighted by molar-refractivity contribution is 9.10. The first-order valence-electron chi connectivity index (χ1n) is 9.42. The molecular formula is C22H22BrNO4S. The summed E-state index contributed by atoms with van der Waals surface area (Å²) in [6, 6.07) is 13.6. The van der Waals surface area contributed by atoms with Crippen LogP contribution >= 0.6 is 27.7 Å². The van der Waals surface area contributed by atoms with Crippen LogP contribution in [0.1, 0.15) is 31.4 Å². The van der Waals surface area contributed by atoms with E-state index in [1.54, 1.807) is 6.08 Å². The van der Waals surface area contributed by atoms with Crippen LogP contribution in [0, 0.1) is 0 Å². The smallest absolute Gasteiger partial charge is 0.293 e. The topological polar surface area (TPSA) is 55.8 Å². The Morgan fingerprint density at radius 2 is 1.86 bits per heavy atom. The number of hydrogen-bond donors (Lipinski definition) is 0. The molecule has 152 valence electrons. The maximum Gasteiger partial charge on any atom is 0.293 e. The second kappa shape index (κ2) is 9.98. The molecule has 3 rings (SSSR count). The van der Waals surface area contributed by atoms with E-state index < -0.39 is 0 Å². The summed E-state index contributed by atoms with van der Waals surface area (Å²) in [5.41, 5.74) is 1.81. The van der Waals surface area contributed by atoms with Gasteiger partial charge in [0.2, 0.25) is 0 Å². The summed E-state index contributed by atoms with van der Waals surface area (Å²) in [6.45, 7) is 5.16. The fraction of sp³-hybridized carbons (Fsp3) is 0.273. The van der Waals surface area contributed by atoms with Crippen LogP contribution in [0.25, 0.3) is 6.08 Å². The minimum Gasteiger partial charge on any atom is -0.490 e. The Bertz CT molecular complexity index is 930. The SMILES string of the molecule is CCCN1C(=O)S/C(=C/c2cc(Br)c(OCc3ccccc3)c(OCC)c2)C1=O. The first-order chi connectivity index (χ1) is 14.0. The van der Waals surface area contributed by atoms with Crippen LogP contribution < -0.4 is 9.47 Å². The molecular weight excluding hydrogens is 454 g/mol. The lowest BCUT2D eigenvalue weighted by molar-refractivity contribution is -0.122. The fourth-order valence-electron chi connectivity index (χ4n) is 2.87. The van der Waals surface area contributed by atoms with Gasteiger partial charge in [-0.15, -0.1) is 0 Å². The second-order valence-corrected chi connectivity index (χ2v) is 8.22. The van der Waals surface area contributed by atoms with E-state index >= 15 is 0 Å². The molecule has 0 bridgehead atoms. The maximum absolute atomic E-state index is 12.5. The van der Waals surface area contributed by atoms with Crippen molar-refractivity contribution in [1.82, 2.24) is 4.90 Å². The monoisotopic (exact) mass is 475 g/mol. The van der Waals surface area contributed by atoms with Crippen LogP contribution in [-0.4, -0.2) is 29.2 Å². The van der Waals surface area contributed by atoms with Gasteiger partial charge in [-0.1, -0.05) is 37.3 Å². The summed E-state index contributed by atoms with van der Waals surface area (Å²) in [6.07, 6.45) is 2.45. The molecule has 0 aliphatic carbocycles. The number of benzene rings is 2. The van der Waals surface area contributed by atoms with E-state index in [0.717, 1.165) is 33.8 Å². The van der Waals surface area contributed by atoms with Crippen molar-refractivity contribution < 1.29 is 19.1 Å². The van der Waals surface area contributed by atoms with E-state index in [0.29, 0.717) is 36.2 Å². The number of nitrogens with zero attached hydrogens (tertiary/aromatic N) is 1. The van der Waals surface area contributed by atoms with Crippen LogP contribution in [-0.2, 0) is 11.4 Å². The zero-order valence-electron chi connectivity index (χ0n) is 16.3. The molecule has 2 aromatic carbocycles. The van der Waals surface area contributed by atoms with Crippen molar-refractivity contribution in [3.8, 4) is 11.5 Å². The van der Waals surface area contributed by atoms with Crippen LogP contribution in [0.15, 0.2) is 51.8 Å². The van der Waals surface area contributed by atoms with Gasteiger partial charge in [0, 0.05) is 6.54 Å². The molecule has 0 saturated carbocycles. The Morgan fingerprint density at radius 1 is 1.10 bits per heavy atom. The molecule has 0 N–H and O–H groups in total. The molecule has 0 spiro atoms. The largest absolute Gasteiger partial charge is 0.490 e. The van der Waals surface area contributed by atoms with Gasteiger partial charge in [0.1, 0.15) is 6.61 Å². The molecule has 5 nitrogen and oxygen atoms in total. The van der Waals surface area contributed by atoms with E-state index in [2.05, 4.69) is 15.9 Å². The summed E-state index contributed by atoms with van der Waals surface area (Å²) >= 11 is 4.52. The van der Waals surface area contributed by atoms with Gasteiger partial charge in [-0.2, -0.15) is 0 Å². The van der Waals surface area contributed by atoms with Crippen LogP contribution in [0.4, 0.5) is 4.79 Å². The van der Waals surface area contributed by atoms with E-state index in [-0.39, 0.29) is 11.1 Å². The molecule has 0 radical (unpaired) electrons. The van der Waals surface area contributed by atoms with Crippen molar-refractivity contribution in [2.24, 2.45) is 0 Å². The normalized spacial score (nSPS) is 15.3. The predicted octanol–water partition coefficient (Wildman–Crippen LogP) is 5.87. The standard InChI is InChI=1S/C22H22BrNO4S/c1-3-10-24-21(25)19(29-22(24)26)13-16-11-17(23)20(18(12-16)27-4-2)28-14-15-8-6-5-7-9-15/h5-9,11-13H,3-4,10,14H2,1-2H3/b19-13+. The van der Waals surface area contributed by atoms with Crippen LogP contribution in [0.3, 0.4) is 0 Å². The summed E-state index contributed by atoms with van der Waals surface area (Å²) in [4.78, 5) is 26.2. The third-order valence-electron chi connectivity index (χ3n) is 4.18. The third kappa shape index (κ3) is 5.22. The van der Waals surface area contributed by atoms with Gasteiger partial charge in [-0.05, 0) is 70.4 Å². The molecule has 1 saturated heterocycles. The van der Waals surface area contributed by atoms with E-state index in [4.69, 9.17) is 9.47 Å². The Kier molecular flexibility index (Phi) is 7.39. The number of amides is 2. The van der Waals surface area contributed by atoms with Crippen molar-refractivity contribution in [3.05, 3.63) is 63.0 Å². The number of carbonyl (C=O) groups excluding carboxylic acids is 2. The van der Waals surface area contributed by atoms with Crippen LogP contribution in [0.2, 0.25) is 0 Å². The first kappa shape index (κ1) is 21.5. The quantitative estimate of drug-likeness (QED) is 0.446. The minimum absolute atomic E-state index is 0.227. The Hall–Kier alpha value is -2.25. The number of rotatable bonds is 8. The van der Waals surface area contributed by atoms with Crippen molar-refractivity contribution >= 4 is 44.9 Å². The molecule has 29 heavy (non-hydrogen) atoms. The predicted molar refractivity (Wildman–Crippen MR) is 119 cm³/mol. The van der Waals surface area contributed by atoms with Gasteiger partial charge >= 0.3 is 0 Å². The van der Waals surface area contributed by atoms with Crippen molar-refractivity contribution in [2.75, 3.05) is 13.2 Å². The van der Waals surface area contributed by atoms with Crippen LogP contribution in [0.5, 0.6) is 11.5 Å². The third-order valence-corrected chi connectivity index (χ3v) is 5.67. The van der Waals surface area contributed by atoms with E-state index in [9.17, 15) is 9.59 Å². The Balaban J connectivity index is 1.86. The van der Waals surface area contributed by atoms with Gasteiger partial charge in [-0.25, -0.2) is 0 Å². The van der Waals surface area contributed by atoms with Gasteiger partial charge in [-0.3, -0.25) is 14.5 Å². The summed E-state index contributed by atoms with van der Waals surface area (Å²) in [5, 5.41) is -0.227. The number of thioether (sulfide) groups is 1. The van der Waals surface area contributed by atoms with Crippen molar-refractivity contribution in [2.45, 2.75) is 26.9 Å². The van der Waals surface area contributed by atoms with Gasteiger partial charge in [0.05, 0.1) is 16.0 Å². The molecule has 0 unspecified atom stereocenters. The average molecular weight is 476 g/mol. The highest BCUT2D eigenvalue weighted by atomic mass is 79.9. The molecule has 1 aliphatic heterocycles. The lowest BCUT2D eigenvalue weighted by Crippen LogP contribution is -2.28. The van der Waals surface area contributed by atoms with Gasteiger partial charge in [0.15, 0.2) is 11.5 Å². The fourth-order valence-corrected chi connectivity index (χ4v) is 4.31. The highest BCUT2D eigenvalue weighted by Gasteiger charge is 2.34. The Labute approximate surface area is 183 Å². The lowest BCUT2D eigenvalue weighted by atomic mass is 10.1. The average Bonchev–Trinajstić information content (AvgIpc) is 2.96.